The van der Waals surface area contributed by atoms with Crippen LogP contribution >= 0.6 is 11.8 Å². The lowest BCUT2D eigenvalue weighted by Gasteiger charge is -2.11. The Morgan fingerprint density at radius 2 is 1.96 bits per heavy atom. The highest BCUT2D eigenvalue weighted by atomic mass is 32.2. The molecule has 4 aromatic heterocycles. The van der Waals surface area contributed by atoms with Crippen LogP contribution in [0.5, 0.6) is 0 Å². The van der Waals surface area contributed by atoms with Crippen LogP contribution in [0.3, 0.4) is 0 Å². The van der Waals surface area contributed by atoms with E-state index in [1.807, 2.05) is 31.5 Å². The molecule has 0 saturated carbocycles. The molecule has 0 fully saturated rings. The molecule has 4 heterocycles. The third kappa shape index (κ3) is 3.37. The monoisotopic (exact) mass is 380 g/mol. The van der Waals surface area contributed by atoms with Crippen LogP contribution in [0.2, 0.25) is 0 Å². The van der Waals surface area contributed by atoms with Gasteiger partial charge < -0.3 is 9.88 Å². The molecule has 0 bridgehead atoms. The van der Waals surface area contributed by atoms with Gasteiger partial charge in [0.2, 0.25) is 5.95 Å². The summed E-state index contributed by atoms with van der Waals surface area (Å²) >= 11 is 1.58. The van der Waals surface area contributed by atoms with Gasteiger partial charge in [-0.25, -0.2) is 19.9 Å². The summed E-state index contributed by atoms with van der Waals surface area (Å²) < 4.78 is 3.99. The molecule has 0 aliphatic carbocycles. The highest BCUT2D eigenvalue weighted by Crippen LogP contribution is 2.23. The van der Waals surface area contributed by atoms with E-state index in [1.54, 1.807) is 35.0 Å². The first-order valence-electron chi connectivity index (χ1n) is 8.58. The van der Waals surface area contributed by atoms with Gasteiger partial charge in [-0.05, 0) is 33.1 Å². The van der Waals surface area contributed by atoms with Gasteiger partial charge in [0.15, 0.2) is 0 Å². The van der Waals surface area contributed by atoms with Crippen molar-refractivity contribution in [2.75, 3.05) is 11.6 Å². The lowest BCUT2D eigenvalue weighted by Crippen LogP contribution is -2.04. The zero-order valence-corrected chi connectivity index (χ0v) is 16.4. The van der Waals surface area contributed by atoms with Gasteiger partial charge in [-0.3, -0.25) is 4.57 Å². The zero-order valence-electron chi connectivity index (χ0n) is 15.6. The fourth-order valence-corrected chi connectivity index (χ4v) is 3.40. The molecule has 0 saturated heterocycles. The fraction of sp³-hybridized carbons (Fsp3) is 0.278. The maximum atomic E-state index is 4.58. The van der Waals surface area contributed by atoms with E-state index in [0.29, 0.717) is 23.6 Å². The van der Waals surface area contributed by atoms with E-state index in [0.717, 1.165) is 21.9 Å². The van der Waals surface area contributed by atoms with E-state index in [4.69, 9.17) is 0 Å². The molecule has 8 nitrogen and oxygen atoms in total. The lowest BCUT2D eigenvalue weighted by atomic mass is 10.3. The number of rotatable bonds is 5. The summed E-state index contributed by atoms with van der Waals surface area (Å²) in [5.74, 6) is 2.91. The highest BCUT2D eigenvalue weighted by molar-refractivity contribution is 7.98. The smallest absolute Gasteiger partial charge is 0.236 e. The Morgan fingerprint density at radius 3 is 2.70 bits per heavy atom. The average molecular weight is 380 g/mol. The van der Waals surface area contributed by atoms with E-state index >= 15 is 0 Å². The van der Waals surface area contributed by atoms with Gasteiger partial charge in [0.25, 0.3) is 0 Å². The quantitative estimate of drug-likeness (QED) is 0.528. The van der Waals surface area contributed by atoms with Crippen LogP contribution in [0.1, 0.15) is 25.7 Å². The Labute approximate surface area is 161 Å². The van der Waals surface area contributed by atoms with Gasteiger partial charge in [-0.2, -0.15) is 4.98 Å². The SMILES string of the molecule is CSc1cn(-c2nccc(Nc3cc4c(cn3)nc(C)n4C(C)C)n2)cn1. The van der Waals surface area contributed by atoms with Crippen molar-refractivity contribution in [3.8, 4) is 5.95 Å². The van der Waals surface area contributed by atoms with E-state index in [2.05, 4.69) is 48.7 Å². The topological polar surface area (TPSA) is 86.3 Å². The molecule has 0 radical (unpaired) electrons. The molecule has 4 aromatic rings. The van der Waals surface area contributed by atoms with Crippen molar-refractivity contribution in [2.24, 2.45) is 0 Å². The summed E-state index contributed by atoms with van der Waals surface area (Å²) in [5, 5.41) is 4.18. The van der Waals surface area contributed by atoms with Crippen molar-refractivity contribution in [1.29, 1.82) is 0 Å². The van der Waals surface area contributed by atoms with Crippen molar-refractivity contribution in [3.05, 3.63) is 42.9 Å². The summed E-state index contributed by atoms with van der Waals surface area (Å²) in [6.07, 6.45) is 9.09. The summed E-state index contributed by atoms with van der Waals surface area (Å²) in [7, 11) is 0. The molecule has 0 aliphatic heterocycles. The molecule has 1 N–H and O–H groups in total. The molecule has 0 aromatic carbocycles. The second-order valence-electron chi connectivity index (χ2n) is 6.37. The second kappa shape index (κ2) is 6.99. The standard InChI is InChI=1S/C18H20N8S/c1-11(2)26-12(3)22-13-8-20-16(7-14(13)26)23-15-5-6-19-18(24-15)25-9-17(27-4)21-10-25/h5-11H,1-4H3,(H,19,20,23,24). The van der Waals surface area contributed by atoms with Crippen LogP contribution in [-0.2, 0) is 0 Å². The van der Waals surface area contributed by atoms with Crippen LogP contribution in [0, 0.1) is 6.92 Å². The first kappa shape index (κ1) is 17.5. The number of thioether (sulfide) groups is 1. The Bertz CT molecular complexity index is 1100. The number of aromatic nitrogens is 7. The normalized spacial score (nSPS) is 11.4. The summed E-state index contributed by atoms with van der Waals surface area (Å²) in [4.78, 5) is 22.2. The van der Waals surface area contributed by atoms with Gasteiger partial charge in [-0.1, -0.05) is 0 Å². The highest BCUT2D eigenvalue weighted by Gasteiger charge is 2.12. The maximum absolute atomic E-state index is 4.58. The Kier molecular flexibility index (Phi) is 4.53. The summed E-state index contributed by atoms with van der Waals surface area (Å²) in [5.41, 5.74) is 1.94. The van der Waals surface area contributed by atoms with Crippen LogP contribution in [0.4, 0.5) is 11.6 Å². The number of nitrogens with one attached hydrogen (secondary N) is 1. The Balaban J connectivity index is 1.66. The van der Waals surface area contributed by atoms with E-state index in [9.17, 15) is 0 Å². The van der Waals surface area contributed by atoms with Gasteiger partial charge in [0.1, 0.15) is 34.3 Å². The molecule has 9 heteroatoms. The number of aryl methyl sites for hydroxylation is 1. The number of imidazole rings is 2. The minimum absolute atomic E-state index is 0.322. The largest absolute Gasteiger partial charge is 0.326 e. The summed E-state index contributed by atoms with van der Waals surface area (Å²) in [6.45, 7) is 6.30. The van der Waals surface area contributed by atoms with Gasteiger partial charge in [-0.15, -0.1) is 11.8 Å². The van der Waals surface area contributed by atoms with E-state index in [1.165, 1.54) is 0 Å². The fourth-order valence-electron chi connectivity index (χ4n) is 3.03. The molecule has 27 heavy (non-hydrogen) atoms. The van der Waals surface area contributed by atoms with Crippen molar-refractivity contribution in [1.82, 2.24) is 34.1 Å². The molecular weight excluding hydrogens is 360 g/mol. The molecular formula is C18H20N8S. The van der Waals surface area contributed by atoms with E-state index in [-0.39, 0.29) is 0 Å². The molecule has 0 aliphatic rings. The van der Waals surface area contributed by atoms with Crippen molar-refractivity contribution >= 4 is 34.4 Å². The number of hydrogen-bond donors (Lipinski definition) is 1. The number of anilines is 2. The first-order chi connectivity index (χ1) is 13.0. The first-order valence-corrected chi connectivity index (χ1v) is 9.80. The molecule has 138 valence electrons. The predicted molar refractivity (Wildman–Crippen MR) is 107 cm³/mol. The molecule has 0 atom stereocenters. The van der Waals surface area contributed by atoms with E-state index < -0.39 is 0 Å². The Hall–Kier alpha value is -2.94. The van der Waals surface area contributed by atoms with Crippen molar-refractivity contribution < 1.29 is 0 Å². The summed E-state index contributed by atoms with van der Waals surface area (Å²) in [6, 6.07) is 4.13. The predicted octanol–water partition coefficient (Wildman–Crippen LogP) is 3.76. The van der Waals surface area contributed by atoms with Gasteiger partial charge >= 0.3 is 0 Å². The maximum Gasteiger partial charge on any atom is 0.236 e. The average Bonchev–Trinajstić information content (AvgIpc) is 3.25. The molecule has 0 unspecified atom stereocenters. The molecule has 0 spiro atoms. The Morgan fingerprint density at radius 1 is 1.11 bits per heavy atom. The van der Waals surface area contributed by atoms with Gasteiger partial charge in [0, 0.05) is 24.5 Å². The molecule has 0 amide bonds. The minimum Gasteiger partial charge on any atom is -0.326 e. The van der Waals surface area contributed by atoms with Crippen LogP contribution in [-0.4, -0.2) is 40.3 Å². The second-order valence-corrected chi connectivity index (χ2v) is 7.20. The number of hydrogen-bond acceptors (Lipinski definition) is 7. The third-order valence-electron chi connectivity index (χ3n) is 4.17. The third-order valence-corrected chi connectivity index (χ3v) is 4.80. The van der Waals surface area contributed by atoms with Crippen molar-refractivity contribution in [2.45, 2.75) is 31.8 Å². The zero-order chi connectivity index (χ0) is 19.0. The molecule has 4 rings (SSSR count). The minimum atomic E-state index is 0.322. The number of nitrogens with zero attached hydrogens (tertiary/aromatic N) is 7. The van der Waals surface area contributed by atoms with Crippen LogP contribution < -0.4 is 5.32 Å². The van der Waals surface area contributed by atoms with Crippen molar-refractivity contribution in [3.63, 3.8) is 0 Å². The van der Waals surface area contributed by atoms with Crippen LogP contribution in [0.25, 0.3) is 17.0 Å². The lowest BCUT2D eigenvalue weighted by molar-refractivity contribution is 0.600. The number of pyridine rings is 1. The number of fused-ring (bicyclic) bond motifs is 1. The van der Waals surface area contributed by atoms with Crippen LogP contribution in [0.15, 0.2) is 42.1 Å². The van der Waals surface area contributed by atoms with Gasteiger partial charge in [0.05, 0.1) is 11.7 Å².